The van der Waals surface area contributed by atoms with Crippen LogP contribution in [0, 0.1) is 5.92 Å². The van der Waals surface area contributed by atoms with E-state index in [4.69, 9.17) is 0 Å². The molecule has 0 bridgehead atoms. The molecule has 0 saturated heterocycles. The molecule has 0 radical (unpaired) electrons. The van der Waals surface area contributed by atoms with Crippen molar-refractivity contribution in [2.45, 2.75) is 32.0 Å². The van der Waals surface area contributed by atoms with Crippen molar-refractivity contribution in [3.05, 3.63) is 71.8 Å². The Morgan fingerprint density at radius 2 is 1.25 bits per heavy atom. The molecular weight excluding hydrogens is 248 g/mol. The fraction of sp³-hybridized carbons (Fsp3) is 0.333. The van der Waals surface area contributed by atoms with Gasteiger partial charge in [-0.05, 0) is 17.0 Å². The molecule has 2 heteroatoms. The van der Waals surface area contributed by atoms with E-state index in [1.54, 1.807) is 0 Å². The maximum atomic E-state index is 11.2. The molecule has 2 rings (SSSR count). The molecule has 0 aromatic heterocycles. The van der Waals surface area contributed by atoms with Crippen LogP contribution in [-0.4, -0.2) is 16.3 Å². The van der Waals surface area contributed by atoms with Gasteiger partial charge in [-0.1, -0.05) is 74.5 Å². The van der Waals surface area contributed by atoms with E-state index >= 15 is 0 Å². The van der Waals surface area contributed by atoms with E-state index in [0.29, 0.717) is 6.42 Å². The first kappa shape index (κ1) is 14.8. The Balaban J connectivity index is 2.44. The van der Waals surface area contributed by atoms with Crippen LogP contribution >= 0.6 is 0 Å². The number of benzene rings is 2. The Kier molecular flexibility index (Phi) is 4.58. The Hall–Kier alpha value is -1.64. The molecule has 20 heavy (non-hydrogen) atoms. The zero-order valence-corrected chi connectivity index (χ0v) is 12.0. The van der Waals surface area contributed by atoms with Crippen LogP contribution in [0.2, 0.25) is 0 Å². The summed E-state index contributed by atoms with van der Waals surface area (Å²) >= 11 is 0. The van der Waals surface area contributed by atoms with E-state index in [1.807, 2.05) is 74.5 Å². The molecule has 0 saturated carbocycles. The molecule has 2 aromatic carbocycles. The van der Waals surface area contributed by atoms with Crippen LogP contribution in [-0.2, 0) is 5.60 Å². The van der Waals surface area contributed by atoms with Crippen molar-refractivity contribution in [2.75, 3.05) is 0 Å². The zero-order valence-electron chi connectivity index (χ0n) is 12.0. The summed E-state index contributed by atoms with van der Waals surface area (Å²) in [5.74, 6) is 0.106. The molecule has 2 N–H and O–H groups in total. The third kappa shape index (κ3) is 3.09. The molecule has 2 nitrogen and oxygen atoms in total. The van der Waals surface area contributed by atoms with Crippen molar-refractivity contribution in [1.82, 2.24) is 0 Å². The van der Waals surface area contributed by atoms with Crippen molar-refractivity contribution in [3.8, 4) is 0 Å². The standard InChI is InChI=1S/C18H22O2/c1-14(2)17(19)13-18(20,15-9-5-3-6-10-15)16-11-7-4-8-12-16/h3-12,14,17,19-20H,13H2,1-2H3. The second kappa shape index (κ2) is 6.21. The Morgan fingerprint density at radius 1 is 0.850 bits per heavy atom. The van der Waals surface area contributed by atoms with Gasteiger partial charge >= 0.3 is 0 Å². The Morgan fingerprint density at radius 3 is 1.60 bits per heavy atom. The summed E-state index contributed by atoms with van der Waals surface area (Å²) in [5, 5.41) is 21.4. The van der Waals surface area contributed by atoms with E-state index in [0.717, 1.165) is 11.1 Å². The van der Waals surface area contributed by atoms with Crippen molar-refractivity contribution in [1.29, 1.82) is 0 Å². The van der Waals surface area contributed by atoms with E-state index in [1.165, 1.54) is 0 Å². The van der Waals surface area contributed by atoms with Gasteiger partial charge in [0.05, 0.1) is 6.10 Å². The van der Waals surface area contributed by atoms with Crippen LogP contribution < -0.4 is 0 Å². The monoisotopic (exact) mass is 270 g/mol. The minimum atomic E-state index is -1.16. The first-order valence-corrected chi connectivity index (χ1v) is 7.05. The van der Waals surface area contributed by atoms with E-state index in [-0.39, 0.29) is 5.92 Å². The van der Waals surface area contributed by atoms with Crippen LogP contribution in [0.3, 0.4) is 0 Å². The van der Waals surface area contributed by atoms with E-state index in [9.17, 15) is 10.2 Å². The highest BCUT2D eigenvalue weighted by Crippen LogP contribution is 2.35. The highest BCUT2D eigenvalue weighted by molar-refractivity contribution is 5.36. The van der Waals surface area contributed by atoms with Gasteiger partial charge in [-0.15, -0.1) is 0 Å². The van der Waals surface area contributed by atoms with Crippen LogP contribution in [0.5, 0.6) is 0 Å². The van der Waals surface area contributed by atoms with Gasteiger partial charge in [-0.2, -0.15) is 0 Å². The van der Waals surface area contributed by atoms with Gasteiger partial charge in [0.2, 0.25) is 0 Å². The lowest BCUT2D eigenvalue weighted by Gasteiger charge is -2.32. The van der Waals surface area contributed by atoms with Gasteiger partial charge in [0.15, 0.2) is 0 Å². The Labute approximate surface area is 120 Å². The van der Waals surface area contributed by atoms with Gasteiger partial charge < -0.3 is 10.2 Å². The van der Waals surface area contributed by atoms with E-state index in [2.05, 4.69) is 0 Å². The number of hydrogen-bond donors (Lipinski definition) is 2. The number of aliphatic hydroxyl groups excluding tert-OH is 1. The quantitative estimate of drug-likeness (QED) is 0.875. The van der Waals surface area contributed by atoms with Crippen LogP contribution in [0.4, 0.5) is 0 Å². The summed E-state index contributed by atoms with van der Waals surface area (Å²) in [7, 11) is 0. The smallest absolute Gasteiger partial charge is 0.117 e. The highest BCUT2D eigenvalue weighted by atomic mass is 16.3. The fourth-order valence-corrected chi connectivity index (χ4v) is 2.37. The van der Waals surface area contributed by atoms with Crippen molar-refractivity contribution in [2.24, 2.45) is 5.92 Å². The lowest BCUT2D eigenvalue weighted by molar-refractivity contribution is 0.000900. The summed E-state index contributed by atoms with van der Waals surface area (Å²) in [6.07, 6.45) is -0.265. The average molecular weight is 270 g/mol. The largest absolute Gasteiger partial charge is 0.393 e. The molecular formula is C18H22O2. The summed E-state index contributed by atoms with van der Waals surface area (Å²) < 4.78 is 0. The van der Waals surface area contributed by atoms with Crippen molar-refractivity contribution >= 4 is 0 Å². The SMILES string of the molecule is CC(C)C(O)CC(O)(c1ccccc1)c1ccccc1. The van der Waals surface area contributed by atoms with Crippen LogP contribution in [0.1, 0.15) is 31.4 Å². The summed E-state index contributed by atoms with van der Waals surface area (Å²) in [6, 6.07) is 19.1. The molecule has 0 spiro atoms. The molecule has 0 aliphatic heterocycles. The summed E-state index contributed by atoms with van der Waals surface area (Å²) in [6.45, 7) is 3.92. The molecule has 0 fully saturated rings. The number of rotatable bonds is 5. The minimum Gasteiger partial charge on any atom is -0.393 e. The highest BCUT2D eigenvalue weighted by Gasteiger charge is 2.34. The van der Waals surface area contributed by atoms with Crippen molar-refractivity contribution < 1.29 is 10.2 Å². The Bertz CT molecular complexity index is 480. The predicted molar refractivity (Wildman–Crippen MR) is 81.3 cm³/mol. The number of hydrogen-bond acceptors (Lipinski definition) is 2. The van der Waals surface area contributed by atoms with Gasteiger partial charge in [-0.25, -0.2) is 0 Å². The van der Waals surface area contributed by atoms with E-state index < -0.39 is 11.7 Å². The first-order chi connectivity index (χ1) is 9.54. The summed E-state index contributed by atoms with van der Waals surface area (Å²) in [5.41, 5.74) is 0.462. The summed E-state index contributed by atoms with van der Waals surface area (Å²) in [4.78, 5) is 0. The van der Waals surface area contributed by atoms with Crippen LogP contribution in [0.25, 0.3) is 0 Å². The number of aliphatic hydroxyl groups is 2. The lowest BCUT2D eigenvalue weighted by Crippen LogP contribution is -2.34. The minimum absolute atomic E-state index is 0.106. The van der Waals surface area contributed by atoms with Gasteiger partial charge in [-0.3, -0.25) is 0 Å². The molecule has 0 aliphatic carbocycles. The average Bonchev–Trinajstić information content (AvgIpc) is 2.48. The lowest BCUT2D eigenvalue weighted by atomic mass is 9.80. The molecule has 0 amide bonds. The molecule has 106 valence electrons. The van der Waals surface area contributed by atoms with Gasteiger partial charge in [0.1, 0.15) is 5.60 Å². The first-order valence-electron chi connectivity index (χ1n) is 7.05. The second-order valence-corrected chi connectivity index (χ2v) is 5.61. The van der Waals surface area contributed by atoms with Crippen molar-refractivity contribution in [3.63, 3.8) is 0 Å². The third-order valence-corrected chi connectivity index (χ3v) is 3.78. The molecule has 1 unspecified atom stereocenters. The fourth-order valence-electron chi connectivity index (χ4n) is 2.37. The molecule has 2 aromatic rings. The molecule has 0 heterocycles. The van der Waals surface area contributed by atoms with Gasteiger partial charge in [0.25, 0.3) is 0 Å². The maximum Gasteiger partial charge on any atom is 0.117 e. The normalized spacial score (nSPS) is 13.4. The maximum absolute atomic E-state index is 11.2. The van der Waals surface area contributed by atoms with Crippen LogP contribution in [0.15, 0.2) is 60.7 Å². The predicted octanol–water partition coefficient (Wildman–Crippen LogP) is 3.33. The topological polar surface area (TPSA) is 40.5 Å². The third-order valence-electron chi connectivity index (χ3n) is 3.78. The molecule has 0 aliphatic rings. The zero-order chi connectivity index (χ0) is 14.6. The molecule has 1 atom stereocenters. The second-order valence-electron chi connectivity index (χ2n) is 5.61. The van der Waals surface area contributed by atoms with Gasteiger partial charge in [0, 0.05) is 6.42 Å².